The minimum absolute atomic E-state index is 0.0298. The van der Waals surface area contributed by atoms with Crippen LogP contribution in [0.25, 0.3) is 0 Å². The van der Waals surface area contributed by atoms with E-state index in [2.05, 4.69) is 0 Å². The first-order valence-corrected chi connectivity index (χ1v) is 8.42. The second kappa shape index (κ2) is 8.34. The minimum Gasteiger partial charge on any atom is -0.385 e. The van der Waals surface area contributed by atoms with Gasteiger partial charge in [-0.3, -0.25) is 4.79 Å². The lowest BCUT2D eigenvalue weighted by atomic mass is 9.55. The summed E-state index contributed by atoms with van der Waals surface area (Å²) in [6.07, 6.45) is 4.27. The third-order valence-corrected chi connectivity index (χ3v) is 5.21. The molecule has 0 aromatic rings. The Morgan fingerprint density at radius 3 is 2.71 bits per heavy atom. The maximum atomic E-state index is 12.5. The maximum absolute atomic E-state index is 12.5. The van der Waals surface area contributed by atoms with Gasteiger partial charge >= 0.3 is 0 Å². The predicted octanol–water partition coefficient (Wildman–Crippen LogP) is 1.22. The number of ketones is 1. The van der Waals surface area contributed by atoms with Crippen molar-refractivity contribution in [3.63, 3.8) is 0 Å². The number of allylic oxidation sites excluding steroid dienone is 1. The minimum atomic E-state index is -0.992. The summed E-state index contributed by atoms with van der Waals surface area (Å²) in [7, 11) is 1.60. The Labute approximate surface area is 143 Å². The summed E-state index contributed by atoms with van der Waals surface area (Å²) in [5.74, 6) is -1.38. The van der Waals surface area contributed by atoms with Crippen molar-refractivity contribution < 1.29 is 28.9 Å². The van der Waals surface area contributed by atoms with Gasteiger partial charge in [0, 0.05) is 24.9 Å². The van der Waals surface area contributed by atoms with Crippen molar-refractivity contribution in [3.05, 3.63) is 12.2 Å². The van der Waals surface area contributed by atoms with Gasteiger partial charge in [-0.15, -0.1) is 0 Å². The first kappa shape index (κ1) is 19.2. The lowest BCUT2D eigenvalue weighted by molar-refractivity contribution is -0.150. The predicted molar refractivity (Wildman–Crippen MR) is 87.2 cm³/mol. The van der Waals surface area contributed by atoms with Crippen LogP contribution in [0.3, 0.4) is 0 Å². The normalized spacial score (nSPS) is 34.8. The molecule has 0 amide bonds. The highest BCUT2D eigenvalue weighted by molar-refractivity contribution is 5.89. The highest BCUT2D eigenvalue weighted by Gasteiger charge is 2.52. The van der Waals surface area contributed by atoms with E-state index in [9.17, 15) is 14.7 Å². The molecule has 0 aliphatic heterocycles. The number of carbonyl (C=O) groups excluding carboxylic acids is 2. The molecule has 0 aromatic carbocycles. The fraction of sp³-hybridized carbons (Fsp3) is 0.778. The number of ether oxygens (including phenoxy) is 3. The van der Waals surface area contributed by atoms with Gasteiger partial charge in [-0.05, 0) is 17.8 Å². The first-order valence-electron chi connectivity index (χ1n) is 8.42. The number of aliphatic hydroxyl groups excluding tert-OH is 1. The Bertz CT molecular complexity index is 472. The SMILES string of the molecule is COCCOCOC[C@H]1C=C[C@@H]2[C@@H](C(=O)[C@H](O)CC2(C)C)[C@H]1C=O. The van der Waals surface area contributed by atoms with Crippen LogP contribution in [0.5, 0.6) is 0 Å². The molecule has 1 N–H and O–H groups in total. The Kier molecular flexibility index (Phi) is 6.69. The zero-order chi connectivity index (χ0) is 17.7. The van der Waals surface area contributed by atoms with Crippen molar-refractivity contribution in [2.24, 2.45) is 29.1 Å². The van der Waals surface area contributed by atoms with E-state index in [-0.39, 0.29) is 29.8 Å². The molecule has 0 unspecified atom stereocenters. The van der Waals surface area contributed by atoms with Gasteiger partial charge in [0.2, 0.25) is 0 Å². The second-order valence-electron chi connectivity index (χ2n) is 7.31. The van der Waals surface area contributed by atoms with E-state index in [1.807, 2.05) is 26.0 Å². The molecule has 2 rings (SSSR count). The molecule has 1 saturated carbocycles. The van der Waals surface area contributed by atoms with Gasteiger partial charge in [0.25, 0.3) is 0 Å². The molecule has 5 atom stereocenters. The van der Waals surface area contributed by atoms with Gasteiger partial charge in [0.05, 0.1) is 19.8 Å². The number of hydrogen-bond donors (Lipinski definition) is 1. The molecule has 24 heavy (non-hydrogen) atoms. The van der Waals surface area contributed by atoms with Crippen LogP contribution in [0.4, 0.5) is 0 Å². The number of methoxy groups -OCH3 is 1. The largest absolute Gasteiger partial charge is 0.385 e. The van der Waals surface area contributed by atoms with Crippen LogP contribution < -0.4 is 0 Å². The van der Waals surface area contributed by atoms with E-state index in [1.54, 1.807) is 7.11 Å². The summed E-state index contributed by atoms with van der Waals surface area (Å²) >= 11 is 0. The number of Topliss-reactive ketones (excluding diaryl/α,β-unsaturated/α-hetero) is 1. The highest BCUT2D eigenvalue weighted by Crippen LogP contribution is 2.49. The Hall–Kier alpha value is -1.08. The Morgan fingerprint density at radius 1 is 1.29 bits per heavy atom. The molecule has 136 valence electrons. The lowest BCUT2D eigenvalue weighted by Crippen LogP contribution is -2.53. The summed E-state index contributed by atoms with van der Waals surface area (Å²) in [5, 5.41) is 10.1. The van der Waals surface area contributed by atoms with Crippen molar-refractivity contribution in [3.8, 4) is 0 Å². The van der Waals surface area contributed by atoms with E-state index in [0.29, 0.717) is 26.2 Å². The van der Waals surface area contributed by atoms with E-state index in [0.717, 1.165) is 6.29 Å². The summed E-state index contributed by atoms with van der Waals surface area (Å²) in [6.45, 7) is 5.43. The van der Waals surface area contributed by atoms with Crippen LogP contribution in [0.2, 0.25) is 0 Å². The molecule has 0 radical (unpaired) electrons. The number of hydrogen-bond acceptors (Lipinski definition) is 6. The van der Waals surface area contributed by atoms with Gasteiger partial charge in [-0.1, -0.05) is 26.0 Å². The number of fused-ring (bicyclic) bond motifs is 1. The fourth-order valence-corrected chi connectivity index (χ4v) is 3.88. The molecule has 6 nitrogen and oxygen atoms in total. The van der Waals surface area contributed by atoms with Crippen LogP contribution >= 0.6 is 0 Å². The van der Waals surface area contributed by atoms with Crippen molar-refractivity contribution >= 4 is 12.1 Å². The number of carbonyl (C=O) groups is 2. The Balaban J connectivity index is 2.02. The van der Waals surface area contributed by atoms with Gasteiger partial charge < -0.3 is 24.1 Å². The number of aldehydes is 1. The van der Waals surface area contributed by atoms with Gasteiger partial charge in [0.15, 0.2) is 5.78 Å². The van der Waals surface area contributed by atoms with Gasteiger partial charge in [-0.25, -0.2) is 0 Å². The molecule has 1 fully saturated rings. The third-order valence-electron chi connectivity index (χ3n) is 5.21. The molecule has 0 bridgehead atoms. The summed E-state index contributed by atoms with van der Waals surface area (Å²) in [4.78, 5) is 24.2. The van der Waals surface area contributed by atoms with Crippen LogP contribution in [0.1, 0.15) is 20.3 Å². The zero-order valence-electron chi connectivity index (χ0n) is 14.6. The average molecular weight is 340 g/mol. The van der Waals surface area contributed by atoms with Crippen LogP contribution in [0, 0.1) is 29.1 Å². The van der Waals surface area contributed by atoms with Gasteiger partial charge in [-0.2, -0.15) is 0 Å². The molecule has 2 aliphatic rings. The highest BCUT2D eigenvalue weighted by atomic mass is 16.7. The summed E-state index contributed by atoms with van der Waals surface area (Å²) < 4.78 is 15.6. The van der Waals surface area contributed by atoms with E-state index in [1.165, 1.54) is 0 Å². The van der Waals surface area contributed by atoms with E-state index < -0.39 is 17.9 Å². The molecular weight excluding hydrogens is 312 g/mol. The first-order chi connectivity index (χ1) is 11.4. The topological polar surface area (TPSA) is 82.1 Å². The summed E-state index contributed by atoms with van der Waals surface area (Å²) in [5.41, 5.74) is -0.217. The standard InChI is InChI=1S/C18H28O6/c1-18(2)8-15(20)17(21)16-13(9-19)12(4-5-14(16)18)10-24-11-23-7-6-22-3/h4-5,9,12-16,20H,6-8,10-11H2,1-3H3/t12-,13+,14-,15-,16+/m1/s1. The second-order valence-corrected chi connectivity index (χ2v) is 7.31. The quantitative estimate of drug-likeness (QED) is 0.310. The average Bonchev–Trinajstić information content (AvgIpc) is 2.54. The van der Waals surface area contributed by atoms with Crippen molar-refractivity contribution in [1.82, 2.24) is 0 Å². The van der Waals surface area contributed by atoms with Crippen molar-refractivity contribution in [2.45, 2.75) is 26.4 Å². The van der Waals surface area contributed by atoms with Crippen LogP contribution in [0.15, 0.2) is 12.2 Å². The van der Waals surface area contributed by atoms with Crippen molar-refractivity contribution in [1.29, 1.82) is 0 Å². The fourth-order valence-electron chi connectivity index (χ4n) is 3.88. The maximum Gasteiger partial charge on any atom is 0.165 e. The molecular formula is C18H28O6. The molecule has 0 saturated heterocycles. The number of rotatable bonds is 8. The number of aliphatic hydroxyl groups is 1. The smallest absolute Gasteiger partial charge is 0.165 e. The molecule has 6 heteroatoms. The lowest BCUT2D eigenvalue weighted by Gasteiger charge is -2.48. The van der Waals surface area contributed by atoms with Crippen LogP contribution in [-0.2, 0) is 23.8 Å². The monoisotopic (exact) mass is 340 g/mol. The van der Waals surface area contributed by atoms with Gasteiger partial charge in [0.1, 0.15) is 19.2 Å². The van der Waals surface area contributed by atoms with E-state index >= 15 is 0 Å². The molecule has 2 aliphatic carbocycles. The molecule has 0 aromatic heterocycles. The molecule has 0 heterocycles. The zero-order valence-corrected chi connectivity index (χ0v) is 14.6. The van der Waals surface area contributed by atoms with E-state index in [4.69, 9.17) is 14.2 Å². The summed E-state index contributed by atoms with van der Waals surface area (Å²) in [6, 6.07) is 0. The third kappa shape index (κ3) is 4.11. The molecule has 0 spiro atoms. The van der Waals surface area contributed by atoms with Crippen LogP contribution in [-0.4, -0.2) is 57.0 Å². The Morgan fingerprint density at radius 2 is 2.04 bits per heavy atom. The van der Waals surface area contributed by atoms with Crippen molar-refractivity contribution in [2.75, 3.05) is 33.7 Å².